The van der Waals surface area contributed by atoms with Crippen LogP contribution in [0.4, 0.5) is 11.4 Å². The molecule has 0 unspecified atom stereocenters. The highest BCUT2D eigenvalue weighted by Crippen LogP contribution is 2.26. The zero-order chi connectivity index (χ0) is 19.4. The van der Waals surface area contributed by atoms with Crippen LogP contribution < -0.4 is 4.90 Å². The number of amides is 1. The van der Waals surface area contributed by atoms with Crippen molar-refractivity contribution in [2.75, 3.05) is 17.7 Å². The molecule has 0 aliphatic rings. The highest BCUT2D eigenvalue weighted by atomic mass is 32.2. The van der Waals surface area contributed by atoms with E-state index in [0.29, 0.717) is 16.8 Å². The van der Waals surface area contributed by atoms with Crippen LogP contribution in [0.3, 0.4) is 0 Å². The summed E-state index contributed by atoms with van der Waals surface area (Å²) < 4.78 is 5.62. The standard InChI is InChI=1S/C18H16N4O4S/c1-12-5-3-4-6-15(12)17-19-20-18(26-17)27-11-16(23)21(2)13-7-9-14(10-8-13)22(24)25/h3-10H,11H2,1-2H3. The third-order valence-corrected chi connectivity index (χ3v) is 4.73. The van der Waals surface area contributed by atoms with Crippen LogP contribution in [0.15, 0.2) is 58.2 Å². The molecule has 0 fully saturated rings. The van der Waals surface area contributed by atoms with Gasteiger partial charge in [0.1, 0.15) is 0 Å². The first-order valence-corrected chi connectivity index (χ1v) is 8.97. The minimum Gasteiger partial charge on any atom is -0.411 e. The Kier molecular flexibility index (Phi) is 5.51. The molecule has 0 aliphatic carbocycles. The molecule has 0 aliphatic heterocycles. The molecule has 0 spiro atoms. The summed E-state index contributed by atoms with van der Waals surface area (Å²) in [5.41, 5.74) is 2.42. The third kappa shape index (κ3) is 4.32. The van der Waals surface area contributed by atoms with Gasteiger partial charge in [-0.1, -0.05) is 30.0 Å². The monoisotopic (exact) mass is 384 g/mol. The van der Waals surface area contributed by atoms with E-state index in [1.807, 2.05) is 31.2 Å². The fraction of sp³-hybridized carbons (Fsp3) is 0.167. The second kappa shape index (κ2) is 8.00. The van der Waals surface area contributed by atoms with E-state index < -0.39 is 4.92 Å². The predicted octanol–water partition coefficient (Wildman–Crippen LogP) is 3.71. The fourth-order valence-corrected chi connectivity index (χ4v) is 3.03. The number of nitro groups is 1. The number of rotatable bonds is 6. The Morgan fingerprint density at radius 3 is 2.56 bits per heavy atom. The van der Waals surface area contributed by atoms with Gasteiger partial charge in [-0.2, -0.15) is 0 Å². The molecule has 0 radical (unpaired) electrons. The molecule has 0 N–H and O–H groups in total. The lowest BCUT2D eigenvalue weighted by molar-refractivity contribution is -0.384. The molecule has 2 aromatic carbocycles. The van der Waals surface area contributed by atoms with Crippen molar-refractivity contribution in [2.45, 2.75) is 12.1 Å². The van der Waals surface area contributed by atoms with Gasteiger partial charge in [0.25, 0.3) is 10.9 Å². The van der Waals surface area contributed by atoms with Gasteiger partial charge >= 0.3 is 0 Å². The molecule has 8 nitrogen and oxygen atoms in total. The Labute approximate surface area is 159 Å². The van der Waals surface area contributed by atoms with Crippen LogP contribution in [-0.4, -0.2) is 33.8 Å². The molecule has 3 rings (SSSR count). The number of aryl methyl sites for hydroxylation is 1. The fourth-order valence-electron chi connectivity index (χ4n) is 2.35. The van der Waals surface area contributed by atoms with Crippen LogP contribution in [0.1, 0.15) is 5.56 Å². The molecule has 138 valence electrons. The third-order valence-electron chi connectivity index (χ3n) is 3.92. The lowest BCUT2D eigenvalue weighted by Crippen LogP contribution is -2.27. The number of non-ortho nitro benzene ring substituents is 1. The summed E-state index contributed by atoms with van der Waals surface area (Å²) in [7, 11) is 1.61. The van der Waals surface area contributed by atoms with Crippen LogP contribution in [-0.2, 0) is 4.79 Å². The van der Waals surface area contributed by atoms with Gasteiger partial charge in [-0.3, -0.25) is 14.9 Å². The molecular formula is C18H16N4O4S. The molecule has 0 saturated heterocycles. The van der Waals surface area contributed by atoms with E-state index in [-0.39, 0.29) is 17.3 Å². The number of benzene rings is 2. The number of hydrogen-bond donors (Lipinski definition) is 0. The SMILES string of the molecule is Cc1ccccc1-c1nnc(SCC(=O)N(C)c2ccc([N+](=O)[O-])cc2)o1. The second-order valence-corrected chi connectivity index (χ2v) is 6.63. The second-order valence-electron chi connectivity index (χ2n) is 5.70. The molecule has 0 atom stereocenters. The van der Waals surface area contributed by atoms with Gasteiger partial charge in [0.05, 0.1) is 10.7 Å². The van der Waals surface area contributed by atoms with E-state index in [2.05, 4.69) is 10.2 Å². The molecule has 0 bridgehead atoms. The van der Waals surface area contributed by atoms with Gasteiger partial charge in [0.2, 0.25) is 11.8 Å². The predicted molar refractivity (Wildman–Crippen MR) is 102 cm³/mol. The first kappa shape index (κ1) is 18.6. The smallest absolute Gasteiger partial charge is 0.277 e. The number of thioether (sulfide) groups is 1. The summed E-state index contributed by atoms with van der Waals surface area (Å²) in [6.07, 6.45) is 0. The van der Waals surface area contributed by atoms with Crippen LogP contribution in [0.5, 0.6) is 0 Å². The molecule has 9 heteroatoms. The molecule has 1 aromatic heterocycles. The summed E-state index contributed by atoms with van der Waals surface area (Å²) in [5, 5.41) is 19.0. The Morgan fingerprint density at radius 1 is 1.19 bits per heavy atom. The van der Waals surface area contributed by atoms with Crippen LogP contribution in [0.2, 0.25) is 0 Å². The number of carbonyl (C=O) groups excluding carboxylic acids is 1. The Bertz CT molecular complexity index is 972. The number of nitro benzene ring substituents is 1. The van der Waals surface area contributed by atoms with Crippen molar-refractivity contribution in [2.24, 2.45) is 0 Å². The summed E-state index contributed by atoms with van der Waals surface area (Å²) in [6, 6.07) is 13.4. The van der Waals surface area contributed by atoms with Gasteiger partial charge in [-0.25, -0.2) is 0 Å². The van der Waals surface area contributed by atoms with E-state index in [4.69, 9.17) is 4.42 Å². The van der Waals surface area contributed by atoms with Gasteiger partial charge in [-0.05, 0) is 30.7 Å². The first-order chi connectivity index (χ1) is 13.0. The Hall–Kier alpha value is -3.20. The molecule has 3 aromatic rings. The summed E-state index contributed by atoms with van der Waals surface area (Å²) in [5.74, 6) is 0.319. The maximum absolute atomic E-state index is 12.3. The van der Waals surface area contributed by atoms with Crippen molar-refractivity contribution in [3.05, 3.63) is 64.2 Å². The summed E-state index contributed by atoms with van der Waals surface area (Å²) in [6.45, 7) is 1.95. The average Bonchev–Trinajstić information content (AvgIpc) is 3.14. The largest absolute Gasteiger partial charge is 0.411 e. The quantitative estimate of drug-likeness (QED) is 0.362. The molecule has 27 heavy (non-hydrogen) atoms. The van der Waals surface area contributed by atoms with Gasteiger partial charge in [-0.15, -0.1) is 10.2 Å². The number of anilines is 1. The van der Waals surface area contributed by atoms with Crippen molar-refractivity contribution < 1.29 is 14.1 Å². The maximum Gasteiger partial charge on any atom is 0.277 e. The van der Waals surface area contributed by atoms with Crippen molar-refractivity contribution in [1.29, 1.82) is 0 Å². The van der Waals surface area contributed by atoms with Crippen LogP contribution in [0.25, 0.3) is 11.5 Å². The topological polar surface area (TPSA) is 102 Å². The summed E-state index contributed by atoms with van der Waals surface area (Å²) in [4.78, 5) is 24.0. The van der Waals surface area contributed by atoms with Gasteiger partial charge < -0.3 is 9.32 Å². The number of nitrogens with zero attached hydrogens (tertiary/aromatic N) is 4. The average molecular weight is 384 g/mol. The lowest BCUT2D eigenvalue weighted by Gasteiger charge is -2.16. The van der Waals surface area contributed by atoms with Crippen molar-refractivity contribution >= 4 is 29.0 Å². The highest BCUT2D eigenvalue weighted by molar-refractivity contribution is 7.99. The maximum atomic E-state index is 12.3. The van der Waals surface area contributed by atoms with Gasteiger partial charge in [0, 0.05) is 30.4 Å². The summed E-state index contributed by atoms with van der Waals surface area (Å²) >= 11 is 1.14. The van der Waals surface area contributed by atoms with E-state index in [1.54, 1.807) is 7.05 Å². The zero-order valence-electron chi connectivity index (χ0n) is 14.7. The van der Waals surface area contributed by atoms with Crippen molar-refractivity contribution in [3.63, 3.8) is 0 Å². The van der Waals surface area contributed by atoms with Crippen molar-refractivity contribution in [1.82, 2.24) is 10.2 Å². The van der Waals surface area contributed by atoms with Crippen molar-refractivity contribution in [3.8, 4) is 11.5 Å². The Balaban J connectivity index is 1.62. The van der Waals surface area contributed by atoms with Crippen LogP contribution >= 0.6 is 11.8 Å². The minimum atomic E-state index is -0.483. The lowest BCUT2D eigenvalue weighted by atomic mass is 10.1. The van der Waals surface area contributed by atoms with E-state index in [1.165, 1.54) is 29.2 Å². The molecule has 1 heterocycles. The number of carbonyl (C=O) groups is 1. The number of hydrogen-bond acceptors (Lipinski definition) is 7. The normalized spacial score (nSPS) is 10.6. The minimum absolute atomic E-state index is 0.0245. The van der Waals surface area contributed by atoms with E-state index in [0.717, 1.165) is 22.9 Å². The highest BCUT2D eigenvalue weighted by Gasteiger charge is 2.16. The number of aromatic nitrogens is 2. The molecular weight excluding hydrogens is 368 g/mol. The van der Waals surface area contributed by atoms with Crippen LogP contribution in [0, 0.1) is 17.0 Å². The zero-order valence-corrected chi connectivity index (χ0v) is 15.5. The molecule has 0 saturated carbocycles. The Morgan fingerprint density at radius 2 is 1.89 bits per heavy atom. The van der Waals surface area contributed by atoms with E-state index in [9.17, 15) is 14.9 Å². The van der Waals surface area contributed by atoms with E-state index >= 15 is 0 Å². The molecule has 1 amide bonds. The first-order valence-electron chi connectivity index (χ1n) is 7.99. The van der Waals surface area contributed by atoms with Gasteiger partial charge in [0.15, 0.2) is 0 Å².